The van der Waals surface area contributed by atoms with Gasteiger partial charge in [-0.3, -0.25) is 4.79 Å². The molecule has 0 heterocycles. The molecule has 0 saturated heterocycles. The minimum absolute atomic E-state index is 0.171. The molecule has 0 radical (unpaired) electrons. The topological polar surface area (TPSA) is 59.3 Å². The Kier molecular flexibility index (Phi) is 9.23. The maximum atomic E-state index is 11.0. The van der Waals surface area contributed by atoms with Gasteiger partial charge < -0.3 is 9.47 Å². The molecule has 4 heteroatoms. The van der Waals surface area contributed by atoms with E-state index in [0.29, 0.717) is 26.1 Å². The van der Waals surface area contributed by atoms with Gasteiger partial charge in [-0.05, 0) is 6.42 Å². The summed E-state index contributed by atoms with van der Waals surface area (Å²) in [5.41, 5.74) is 0. The smallest absolute Gasteiger partial charge is 0.305 e. The molecule has 4 nitrogen and oxygen atoms in total. The Labute approximate surface area is 84.8 Å². The van der Waals surface area contributed by atoms with Crippen molar-refractivity contribution in [2.24, 2.45) is 0 Å². The molecule has 80 valence electrons. The van der Waals surface area contributed by atoms with E-state index < -0.39 is 0 Å². The highest BCUT2D eigenvalue weighted by Gasteiger charge is 2.00. The number of hydrogen-bond donors (Lipinski definition) is 0. The average molecular weight is 199 g/mol. The lowest BCUT2D eigenvalue weighted by atomic mass is 10.2. The third-order valence-corrected chi connectivity index (χ3v) is 1.58. The lowest BCUT2D eigenvalue weighted by Gasteiger charge is -2.04. The fraction of sp³-hybridized carbons (Fsp3) is 0.800. The second kappa shape index (κ2) is 10.0. The molecule has 0 fully saturated rings. The summed E-state index contributed by atoms with van der Waals surface area (Å²) < 4.78 is 9.91. The predicted molar refractivity (Wildman–Crippen MR) is 51.5 cm³/mol. The second-order valence-corrected chi connectivity index (χ2v) is 2.84. The molecular formula is C10H17NO3. The maximum Gasteiger partial charge on any atom is 0.305 e. The molecule has 14 heavy (non-hydrogen) atoms. The number of esters is 1. The highest BCUT2D eigenvalue weighted by atomic mass is 16.6. The normalized spacial score (nSPS) is 9.43. The lowest BCUT2D eigenvalue weighted by molar-refractivity contribution is -0.145. The van der Waals surface area contributed by atoms with Gasteiger partial charge in [0, 0.05) is 6.42 Å². The van der Waals surface area contributed by atoms with Gasteiger partial charge in [0.25, 0.3) is 0 Å². The molecule has 0 bridgehead atoms. The lowest BCUT2D eigenvalue weighted by Crippen LogP contribution is -2.10. The monoisotopic (exact) mass is 199 g/mol. The van der Waals surface area contributed by atoms with Gasteiger partial charge in [-0.25, -0.2) is 0 Å². The molecule has 0 rings (SSSR count). The molecule has 0 atom stereocenters. The third kappa shape index (κ3) is 9.01. The number of ether oxygens (including phenoxy) is 2. The first-order valence-electron chi connectivity index (χ1n) is 4.91. The summed E-state index contributed by atoms with van der Waals surface area (Å²) in [6, 6.07) is 1.96. The summed E-state index contributed by atoms with van der Waals surface area (Å²) in [5, 5.41) is 8.19. The molecule has 0 amide bonds. The van der Waals surface area contributed by atoms with E-state index in [0.717, 1.165) is 12.8 Å². The van der Waals surface area contributed by atoms with Crippen molar-refractivity contribution < 1.29 is 14.3 Å². The third-order valence-electron chi connectivity index (χ3n) is 1.58. The number of unbranched alkanes of at least 4 members (excludes halogenated alkanes) is 1. The van der Waals surface area contributed by atoms with Crippen LogP contribution in [-0.4, -0.2) is 25.8 Å². The summed E-state index contributed by atoms with van der Waals surface area (Å²) in [4.78, 5) is 11.0. The van der Waals surface area contributed by atoms with E-state index >= 15 is 0 Å². The fourth-order valence-corrected chi connectivity index (χ4v) is 0.828. The first-order valence-corrected chi connectivity index (χ1v) is 4.91. The zero-order chi connectivity index (χ0) is 10.6. The van der Waals surface area contributed by atoms with Crippen molar-refractivity contribution >= 4 is 5.97 Å². The summed E-state index contributed by atoms with van der Waals surface area (Å²) in [7, 11) is 0. The van der Waals surface area contributed by atoms with Crippen LogP contribution in [0.4, 0.5) is 0 Å². The Morgan fingerprint density at radius 3 is 2.79 bits per heavy atom. The molecule has 0 aliphatic rings. The van der Waals surface area contributed by atoms with Crippen molar-refractivity contribution in [2.75, 3.05) is 19.8 Å². The number of hydrogen-bond acceptors (Lipinski definition) is 4. The molecule has 0 aliphatic heterocycles. The minimum atomic E-state index is -0.171. The molecule has 0 aromatic heterocycles. The number of rotatable bonds is 8. The van der Waals surface area contributed by atoms with Gasteiger partial charge in [-0.2, -0.15) is 5.26 Å². The number of carbonyl (C=O) groups is 1. The van der Waals surface area contributed by atoms with Crippen LogP contribution in [-0.2, 0) is 14.3 Å². The molecule has 0 unspecified atom stereocenters. The van der Waals surface area contributed by atoms with Gasteiger partial charge in [0.1, 0.15) is 6.61 Å². The summed E-state index contributed by atoms with van der Waals surface area (Å²) >= 11 is 0. The van der Waals surface area contributed by atoms with Gasteiger partial charge >= 0.3 is 5.97 Å². The number of nitrogens with zero attached hydrogens (tertiary/aromatic N) is 1. The second-order valence-electron chi connectivity index (χ2n) is 2.84. The van der Waals surface area contributed by atoms with Gasteiger partial charge in [-0.1, -0.05) is 13.3 Å². The molecule has 0 spiro atoms. The van der Waals surface area contributed by atoms with Crippen molar-refractivity contribution in [3.05, 3.63) is 0 Å². The van der Waals surface area contributed by atoms with E-state index in [4.69, 9.17) is 14.7 Å². The van der Waals surface area contributed by atoms with Crippen LogP contribution < -0.4 is 0 Å². The Bertz CT molecular complexity index is 186. The van der Waals surface area contributed by atoms with E-state index in [2.05, 4.69) is 0 Å². The van der Waals surface area contributed by atoms with Crippen LogP contribution >= 0.6 is 0 Å². The maximum absolute atomic E-state index is 11.0. The zero-order valence-corrected chi connectivity index (χ0v) is 8.62. The standard InChI is InChI=1S/C10H17NO3/c1-2-3-5-10(12)14-9-8-13-7-4-6-11/h2-5,7-9H2,1H3. The van der Waals surface area contributed by atoms with Crippen LogP contribution in [0.2, 0.25) is 0 Å². The number of carbonyl (C=O) groups excluding carboxylic acids is 1. The van der Waals surface area contributed by atoms with Crippen molar-refractivity contribution in [3.63, 3.8) is 0 Å². The zero-order valence-electron chi connectivity index (χ0n) is 8.62. The van der Waals surface area contributed by atoms with E-state index in [-0.39, 0.29) is 12.6 Å². The van der Waals surface area contributed by atoms with Gasteiger partial charge in [0.15, 0.2) is 0 Å². The van der Waals surface area contributed by atoms with E-state index in [9.17, 15) is 4.79 Å². The fourth-order valence-electron chi connectivity index (χ4n) is 0.828. The molecule has 0 aromatic rings. The van der Waals surface area contributed by atoms with Crippen molar-refractivity contribution in [2.45, 2.75) is 32.6 Å². The molecular weight excluding hydrogens is 182 g/mol. The van der Waals surface area contributed by atoms with E-state index in [1.165, 1.54) is 0 Å². The number of nitriles is 1. The highest BCUT2D eigenvalue weighted by molar-refractivity contribution is 5.69. The van der Waals surface area contributed by atoms with Crippen LogP contribution in [0.25, 0.3) is 0 Å². The molecule has 0 N–H and O–H groups in total. The quantitative estimate of drug-likeness (QED) is 0.440. The summed E-state index contributed by atoms with van der Waals surface area (Å²) in [6.45, 7) is 3.09. The van der Waals surface area contributed by atoms with Crippen molar-refractivity contribution in [1.82, 2.24) is 0 Å². The summed E-state index contributed by atoms with van der Waals surface area (Å²) in [5.74, 6) is -0.171. The van der Waals surface area contributed by atoms with Crippen LogP contribution in [0.5, 0.6) is 0 Å². The van der Waals surface area contributed by atoms with E-state index in [1.54, 1.807) is 0 Å². The Hall–Kier alpha value is -1.08. The Morgan fingerprint density at radius 1 is 1.36 bits per heavy atom. The van der Waals surface area contributed by atoms with Crippen LogP contribution in [0.3, 0.4) is 0 Å². The minimum Gasteiger partial charge on any atom is -0.463 e. The van der Waals surface area contributed by atoms with Crippen LogP contribution in [0.15, 0.2) is 0 Å². The van der Waals surface area contributed by atoms with Gasteiger partial charge in [-0.15, -0.1) is 0 Å². The van der Waals surface area contributed by atoms with Gasteiger partial charge in [0.2, 0.25) is 0 Å². The van der Waals surface area contributed by atoms with Gasteiger partial charge in [0.05, 0.1) is 25.7 Å². The van der Waals surface area contributed by atoms with Crippen LogP contribution in [0.1, 0.15) is 32.6 Å². The van der Waals surface area contributed by atoms with Crippen molar-refractivity contribution in [3.8, 4) is 6.07 Å². The molecule has 0 aliphatic carbocycles. The van der Waals surface area contributed by atoms with Crippen molar-refractivity contribution in [1.29, 1.82) is 5.26 Å². The first-order chi connectivity index (χ1) is 6.81. The van der Waals surface area contributed by atoms with Crippen LogP contribution in [0, 0.1) is 11.3 Å². The highest BCUT2D eigenvalue weighted by Crippen LogP contribution is 1.96. The largest absolute Gasteiger partial charge is 0.463 e. The Morgan fingerprint density at radius 2 is 2.14 bits per heavy atom. The predicted octanol–water partition coefficient (Wildman–Crippen LogP) is 1.65. The molecule has 0 saturated carbocycles. The summed E-state index contributed by atoms with van der Waals surface area (Å²) in [6.07, 6.45) is 2.72. The Balaban J connectivity index is 3.11. The molecule has 0 aromatic carbocycles. The van der Waals surface area contributed by atoms with E-state index in [1.807, 2.05) is 13.0 Å². The first kappa shape index (κ1) is 12.9. The average Bonchev–Trinajstić information content (AvgIpc) is 2.20. The SMILES string of the molecule is CCCCC(=O)OCCOCCC#N.